The first-order chi connectivity index (χ1) is 16.3. The molecule has 0 aliphatic carbocycles. The van der Waals surface area contributed by atoms with Gasteiger partial charge in [0.2, 0.25) is 0 Å². The Balaban J connectivity index is 0.000000712. The van der Waals surface area contributed by atoms with E-state index < -0.39 is 23.6 Å². The number of aliphatic carboxylic acids is 2. The van der Waals surface area contributed by atoms with Crippen LogP contribution in [0.2, 0.25) is 0 Å². The molecule has 2 N–H and O–H groups in total. The van der Waals surface area contributed by atoms with Crippen molar-refractivity contribution in [3.05, 3.63) is 41.5 Å². The summed E-state index contributed by atoms with van der Waals surface area (Å²) in [5, 5.41) is 17.0. The maximum atomic E-state index is 12.8. The average molecular weight is 483 g/mol. The highest BCUT2D eigenvalue weighted by atomic mass is 19.1. The van der Waals surface area contributed by atoms with Gasteiger partial charge in [-0.3, -0.25) is 4.79 Å². The molecule has 0 heterocycles. The molecule has 0 aliphatic heterocycles. The van der Waals surface area contributed by atoms with Crippen LogP contribution in [0.15, 0.2) is 24.3 Å². The highest BCUT2D eigenvalue weighted by molar-refractivity contribution is 5.85. The molecule has 0 fully saturated rings. The number of carbonyl (C=O) groups is 2. The van der Waals surface area contributed by atoms with Gasteiger partial charge in [-0.2, -0.15) is 0 Å². The summed E-state index contributed by atoms with van der Waals surface area (Å²) in [6, 6.07) is 3.33. The minimum Gasteiger partial charge on any atom is -0.481 e. The zero-order chi connectivity index (χ0) is 25.6. The van der Waals surface area contributed by atoms with Gasteiger partial charge in [-0.05, 0) is 24.6 Å². The first kappa shape index (κ1) is 31.8. The number of benzene rings is 1. The van der Waals surface area contributed by atoms with Crippen LogP contribution in [0.1, 0.15) is 116 Å². The fourth-order valence-corrected chi connectivity index (χ4v) is 3.59. The third-order valence-corrected chi connectivity index (χ3v) is 5.80. The molecule has 4 nitrogen and oxygen atoms in total. The van der Waals surface area contributed by atoms with E-state index in [0.717, 1.165) is 31.1 Å². The SMILES string of the molecule is CCCCCCCCCCCCCCCCC(C)C(=O)O.O=C(O)C=Cc1c(F)cccc1F. The topological polar surface area (TPSA) is 74.6 Å². The van der Waals surface area contributed by atoms with Crippen LogP contribution >= 0.6 is 0 Å². The van der Waals surface area contributed by atoms with Crippen molar-refractivity contribution in [2.75, 3.05) is 0 Å². The van der Waals surface area contributed by atoms with E-state index in [2.05, 4.69) is 6.92 Å². The molecule has 0 aliphatic rings. The summed E-state index contributed by atoms with van der Waals surface area (Å²) in [5.74, 6) is -3.62. The third-order valence-electron chi connectivity index (χ3n) is 5.80. The van der Waals surface area contributed by atoms with Gasteiger partial charge in [0, 0.05) is 11.6 Å². The van der Waals surface area contributed by atoms with Gasteiger partial charge in [-0.1, -0.05) is 110 Å². The summed E-state index contributed by atoms with van der Waals surface area (Å²) in [4.78, 5) is 20.7. The highest BCUT2D eigenvalue weighted by Crippen LogP contribution is 2.15. The molecule has 0 spiro atoms. The van der Waals surface area contributed by atoms with E-state index in [1.807, 2.05) is 6.92 Å². The van der Waals surface area contributed by atoms with Gasteiger partial charge >= 0.3 is 11.9 Å². The van der Waals surface area contributed by atoms with Gasteiger partial charge in [0.1, 0.15) is 11.6 Å². The molecule has 6 heteroatoms. The Morgan fingerprint density at radius 3 is 1.59 bits per heavy atom. The molecule has 0 saturated carbocycles. The van der Waals surface area contributed by atoms with Crippen molar-refractivity contribution in [3.8, 4) is 0 Å². The van der Waals surface area contributed by atoms with Gasteiger partial charge in [0.25, 0.3) is 0 Å². The normalized spacial score (nSPS) is 11.8. The number of halogens is 2. The van der Waals surface area contributed by atoms with E-state index in [1.54, 1.807) is 0 Å². The van der Waals surface area contributed by atoms with Gasteiger partial charge in [-0.25, -0.2) is 13.6 Å². The fraction of sp³-hybridized carbons (Fsp3) is 0.643. The van der Waals surface area contributed by atoms with Crippen molar-refractivity contribution in [3.63, 3.8) is 0 Å². The van der Waals surface area contributed by atoms with E-state index in [-0.39, 0.29) is 11.5 Å². The second-order valence-corrected chi connectivity index (χ2v) is 8.93. The van der Waals surface area contributed by atoms with Crippen LogP contribution in [0.25, 0.3) is 6.08 Å². The lowest BCUT2D eigenvalue weighted by atomic mass is 10.0. The summed E-state index contributed by atoms with van der Waals surface area (Å²) in [7, 11) is 0. The Hall–Kier alpha value is -2.24. The molecule has 0 aromatic heterocycles. The predicted molar refractivity (Wildman–Crippen MR) is 135 cm³/mol. The van der Waals surface area contributed by atoms with E-state index in [0.29, 0.717) is 6.08 Å². The summed E-state index contributed by atoms with van der Waals surface area (Å²) in [6.07, 6.45) is 21.3. The van der Waals surface area contributed by atoms with Gasteiger partial charge in [0.05, 0.1) is 5.92 Å². The molecule has 0 amide bonds. The van der Waals surface area contributed by atoms with Crippen molar-refractivity contribution < 1.29 is 28.6 Å². The highest BCUT2D eigenvalue weighted by Gasteiger charge is 2.09. The summed E-state index contributed by atoms with van der Waals surface area (Å²) >= 11 is 0. The van der Waals surface area contributed by atoms with Crippen molar-refractivity contribution >= 4 is 18.0 Å². The molecule has 194 valence electrons. The molecule has 1 atom stereocenters. The second-order valence-electron chi connectivity index (χ2n) is 8.93. The van der Waals surface area contributed by atoms with E-state index >= 15 is 0 Å². The predicted octanol–water partition coefficient (Wildman–Crippen LogP) is 8.64. The monoisotopic (exact) mass is 482 g/mol. The first-order valence-corrected chi connectivity index (χ1v) is 12.9. The van der Waals surface area contributed by atoms with Crippen molar-refractivity contribution in [1.29, 1.82) is 0 Å². The van der Waals surface area contributed by atoms with Crippen molar-refractivity contribution in [2.24, 2.45) is 5.92 Å². The lowest BCUT2D eigenvalue weighted by molar-refractivity contribution is -0.141. The van der Waals surface area contributed by atoms with Crippen LogP contribution in [0.3, 0.4) is 0 Å². The molecular formula is C28H44F2O4. The van der Waals surface area contributed by atoms with Crippen LogP contribution in [0.4, 0.5) is 8.78 Å². The number of carboxylic acid groups (broad SMARTS) is 2. The van der Waals surface area contributed by atoms with E-state index in [1.165, 1.54) is 89.5 Å². The fourth-order valence-electron chi connectivity index (χ4n) is 3.59. The summed E-state index contributed by atoms with van der Waals surface area (Å²) in [5.41, 5.74) is -0.343. The number of hydrogen-bond donors (Lipinski definition) is 2. The molecule has 1 unspecified atom stereocenters. The zero-order valence-corrected chi connectivity index (χ0v) is 21.0. The molecule has 0 bridgehead atoms. The Morgan fingerprint density at radius 1 is 0.794 bits per heavy atom. The molecule has 0 saturated heterocycles. The Morgan fingerprint density at radius 2 is 1.21 bits per heavy atom. The van der Waals surface area contributed by atoms with Crippen LogP contribution in [0.5, 0.6) is 0 Å². The summed E-state index contributed by atoms with van der Waals surface area (Å²) in [6.45, 7) is 4.08. The number of unbranched alkanes of at least 4 members (excludes halogenated alkanes) is 13. The van der Waals surface area contributed by atoms with Gasteiger partial charge in [0.15, 0.2) is 0 Å². The maximum Gasteiger partial charge on any atom is 0.328 e. The van der Waals surface area contributed by atoms with Gasteiger partial charge in [-0.15, -0.1) is 0 Å². The van der Waals surface area contributed by atoms with E-state index in [4.69, 9.17) is 10.2 Å². The van der Waals surface area contributed by atoms with Crippen molar-refractivity contribution in [2.45, 2.75) is 110 Å². The van der Waals surface area contributed by atoms with Gasteiger partial charge < -0.3 is 10.2 Å². The molecular weight excluding hydrogens is 438 g/mol. The van der Waals surface area contributed by atoms with Crippen LogP contribution in [0, 0.1) is 17.6 Å². The Bertz CT molecular complexity index is 683. The molecule has 34 heavy (non-hydrogen) atoms. The largest absolute Gasteiger partial charge is 0.481 e. The maximum absolute atomic E-state index is 12.8. The lowest BCUT2D eigenvalue weighted by Crippen LogP contribution is -2.08. The minimum absolute atomic E-state index is 0.165. The lowest BCUT2D eigenvalue weighted by Gasteiger charge is -2.05. The Labute approximate surface area is 204 Å². The Kier molecular flexibility index (Phi) is 19.9. The minimum atomic E-state index is -1.25. The zero-order valence-electron chi connectivity index (χ0n) is 21.0. The number of rotatable bonds is 18. The molecule has 1 rings (SSSR count). The molecule has 0 radical (unpaired) electrons. The van der Waals surface area contributed by atoms with Crippen LogP contribution in [-0.2, 0) is 9.59 Å². The quantitative estimate of drug-likeness (QED) is 0.162. The average Bonchev–Trinajstić information content (AvgIpc) is 2.79. The molecule has 1 aromatic rings. The van der Waals surface area contributed by atoms with Crippen LogP contribution in [-0.4, -0.2) is 22.2 Å². The van der Waals surface area contributed by atoms with E-state index in [9.17, 15) is 18.4 Å². The second kappa shape index (κ2) is 21.3. The first-order valence-electron chi connectivity index (χ1n) is 12.9. The smallest absolute Gasteiger partial charge is 0.328 e. The summed E-state index contributed by atoms with van der Waals surface area (Å²) < 4.78 is 25.6. The standard InChI is InChI=1S/C19H38O2.C9H6F2O2/c1-3-4-5-6-7-8-9-10-11-12-13-14-15-16-17-18(2)19(20)21;10-7-2-1-3-8(11)6(7)4-5-9(12)13/h18H,3-17H2,1-2H3,(H,20,21);1-5H,(H,12,13). The number of hydrogen-bond acceptors (Lipinski definition) is 2. The van der Waals surface area contributed by atoms with Crippen LogP contribution < -0.4 is 0 Å². The van der Waals surface area contributed by atoms with Crippen molar-refractivity contribution in [1.82, 2.24) is 0 Å². The molecule has 1 aromatic carbocycles. The number of carboxylic acids is 2. The third kappa shape index (κ3) is 18.2.